The first-order valence-corrected chi connectivity index (χ1v) is 10.6. The first-order valence-electron chi connectivity index (χ1n) is 10.6. The molecule has 1 aliphatic heterocycles. The average molecular weight is 450 g/mol. The van der Waals surface area contributed by atoms with E-state index in [4.69, 9.17) is 4.74 Å². The number of benzene rings is 2. The Bertz CT molecular complexity index is 1100. The molecule has 0 saturated carbocycles. The summed E-state index contributed by atoms with van der Waals surface area (Å²) in [5.74, 6) is -0.925. The molecule has 172 valence electrons. The number of fused-ring (bicyclic) bond motifs is 1. The van der Waals surface area contributed by atoms with Crippen LogP contribution in [0.25, 0.3) is 0 Å². The summed E-state index contributed by atoms with van der Waals surface area (Å²) in [5.41, 5.74) is 2.43. The van der Waals surface area contributed by atoms with Crippen molar-refractivity contribution in [2.24, 2.45) is 0 Å². The van der Waals surface area contributed by atoms with E-state index >= 15 is 0 Å². The van der Waals surface area contributed by atoms with Gasteiger partial charge in [-0.05, 0) is 28.8 Å². The lowest BCUT2D eigenvalue weighted by molar-refractivity contribution is -0.138. The molecule has 1 unspecified atom stereocenters. The molecule has 2 aromatic carbocycles. The van der Waals surface area contributed by atoms with Crippen molar-refractivity contribution in [1.82, 2.24) is 15.1 Å². The van der Waals surface area contributed by atoms with Gasteiger partial charge in [0.2, 0.25) is 11.8 Å². The molecule has 9 heteroatoms. The zero-order valence-electron chi connectivity index (χ0n) is 18.6. The standard InChI is InChI=1S/C24H26N4O5/c1-27-23(32)26-22(31)24(27)11-17-8-9-19(10-18(17)12-24)25-20(29)14-28(21(30)15-33-2)13-16-6-4-3-5-7-16/h3-10H,11-15H2,1-2H3,(H,25,29)(H,26,31,32). The number of carbonyl (C=O) groups is 4. The molecule has 0 radical (unpaired) electrons. The molecule has 1 saturated heterocycles. The maximum absolute atomic E-state index is 12.8. The molecule has 5 amide bonds. The van der Waals surface area contributed by atoms with E-state index in [1.807, 2.05) is 42.5 Å². The molecule has 2 N–H and O–H groups in total. The van der Waals surface area contributed by atoms with E-state index in [0.717, 1.165) is 16.7 Å². The van der Waals surface area contributed by atoms with Crippen LogP contribution in [0.1, 0.15) is 16.7 Å². The number of methoxy groups -OCH3 is 1. The number of urea groups is 1. The fourth-order valence-corrected chi connectivity index (χ4v) is 4.40. The molecule has 2 aliphatic rings. The number of ether oxygens (including phenoxy) is 1. The van der Waals surface area contributed by atoms with Gasteiger partial charge in [0.25, 0.3) is 5.91 Å². The van der Waals surface area contributed by atoms with Gasteiger partial charge in [-0.1, -0.05) is 36.4 Å². The van der Waals surface area contributed by atoms with Crippen LogP contribution >= 0.6 is 0 Å². The third-order valence-corrected chi connectivity index (χ3v) is 6.22. The van der Waals surface area contributed by atoms with Gasteiger partial charge in [0, 0.05) is 39.2 Å². The Morgan fingerprint density at radius 2 is 1.85 bits per heavy atom. The van der Waals surface area contributed by atoms with Gasteiger partial charge in [-0.3, -0.25) is 19.7 Å². The molecule has 1 fully saturated rings. The lowest BCUT2D eigenvalue weighted by Crippen LogP contribution is -2.48. The molecule has 4 rings (SSSR count). The number of carbonyl (C=O) groups excluding carboxylic acids is 4. The van der Waals surface area contributed by atoms with Crippen molar-refractivity contribution in [3.8, 4) is 0 Å². The van der Waals surface area contributed by atoms with Crippen LogP contribution in [0.2, 0.25) is 0 Å². The first kappa shape index (κ1) is 22.5. The van der Waals surface area contributed by atoms with Crippen molar-refractivity contribution in [1.29, 1.82) is 0 Å². The van der Waals surface area contributed by atoms with Crippen molar-refractivity contribution in [2.45, 2.75) is 24.9 Å². The predicted octanol–water partition coefficient (Wildman–Crippen LogP) is 1.32. The summed E-state index contributed by atoms with van der Waals surface area (Å²) >= 11 is 0. The zero-order chi connectivity index (χ0) is 23.6. The van der Waals surface area contributed by atoms with Crippen molar-refractivity contribution < 1.29 is 23.9 Å². The Balaban J connectivity index is 1.44. The molecular formula is C24H26N4O5. The summed E-state index contributed by atoms with van der Waals surface area (Å²) in [7, 11) is 3.05. The second kappa shape index (κ2) is 9.03. The van der Waals surface area contributed by atoms with Crippen LogP contribution < -0.4 is 10.6 Å². The van der Waals surface area contributed by atoms with E-state index < -0.39 is 11.6 Å². The number of hydrogen-bond donors (Lipinski definition) is 2. The van der Waals surface area contributed by atoms with Gasteiger partial charge in [0.1, 0.15) is 18.7 Å². The normalized spacial score (nSPS) is 18.9. The van der Waals surface area contributed by atoms with Crippen LogP contribution in [-0.2, 0) is 38.5 Å². The summed E-state index contributed by atoms with van der Waals surface area (Å²) in [6.07, 6.45) is 0.813. The highest BCUT2D eigenvalue weighted by molar-refractivity contribution is 6.07. The second-order valence-electron chi connectivity index (χ2n) is 8.40. The molecule has 1 atom stereocenters. The van der Waals surface area contributed by atoms with Crippen LogP contribution in [0.15, 0.2) is 48.5 Å². The molecule has 1 aliphatic carbocycles. The van der Waals surface area contributed by atoms with Crippen LogP contribution in [-0.4, -0.2) is 66.4 Å². The van der Waals surface area contributed by atoms with Crippen LogP contribution in [0.3, 0.4) is 0 Å². The number of hydrogen-bond acceptors (Lipinski definition) is 5. The quantitative estimate of drug-likeness (QED) is 0.619. The van der Waals surface area contributed by atoms with Crippen molar-refractivity contribution in [3.05, 3.63) is 65.2 Å². The molecule has 9 nitrogen and oxygen atoms in total. The molecule has 1 heterocycles. The van der Waals surface area contributed by atoms with E-state index in [0.29, 0.717) is 25.1 Å². The Morgan fingerprint density at radius 3 is 2.52 bits per heavy atom. The molecule has 0 bridgehead atoms. The van der Waals surface area contributed by atoms with E-state index in [1.165, 1.54) is 16.9 Å². The Hall–Kier alpha value is -3.72. The minimum absolute atomic E-state index is 0.116. The minimum atomic E-state index is -0.916. The molecular weight excluding hydrogens is 424 g/mol. The van der Waals surface area contributed by atoms with Gasteiger partial charge < -0.3 is 19.9 Å². The molecule has 1 spiro atoms. The van der Waals surface area contributed by atoms with Crippen LogP contribution in [0.4, 0.5) is 10.5 Å². The maximum Gasteiger partial charge on any atom is 0.324 e. The van der Waals surface area contributed by atoms with Gasteiger partial charge in [-0.2, -0.15) is 0 Å². The number of anilines is 1. The number of likely N-dealkylation sites (N-methyl/N-ethyl adjacent to an activating group) is 1. The predicted molar refractivity (Wildman–Crippen MR) is 120 cm³/mol. The van der Waals surface area contributed by atoms with Crippen molar-refractivity contribution in [2.75, 3.05) is 32.6 Å². The van der Waals surface area contributed by atoms with Gasteiger partial charge >= 0.3 is 6.03 Å². The van der Waals surface area contributed by atoms with Gasteiger partial charge in [0.05, 0.1) is 0 Å². The van der Waals surface area contributed by atoms with E-state index in [9.17, 15) is 19.2 Å². The van der Waals surface area contributed by atoms with Crippen molar-refractivity contribution in [3.63, 3.8) is 0 Å². The molecule has 33 heavy (non-hydrogen) atoms. The smallest absolute Gasteiger partial charge is 0.324 e. The van der Waals surface area contributed by atoms with E-state index in [2.05, 4.69) is 10.6 Å². The number of imide groups is 1. The van der Waals surface area contributed by atoms with Crippen LogP contribution in [0, 0.1) is 0 Å². The minimum Gasteiger partial charge on any atom is -0.375 e. The number of rotatable bonds is 7. The highest BCUT2D eigenvalue weighted by atomic mass is 16.5. The molecule has 2 aromatic rings. The zero-order valence-corrected chi connectivity index (χ0v) is 18.6. The highest BCUT2D eigenvalue weighted by Crippen LogP contribution is 2.38. The lowest BCUT2D eigenvalue weighted by atomic mass is 9.95. The summed E-state index contributed by atoms with van der Waals surface area (Å²) in [6, 6.07) is 14.5. The third-order valence-electron chi connectivity index (χ3n) is 6.22. The average Bonchev–Trinajstić information content (AvgIpc) is 3.27. The lowest BCUT2D eigenvalue weighted by Gasteiger charge is -2.27. The summed E-state index contributed by atoms with van der Waals surface area (Å²) in [4.78, 5) is 52.5. The van der Waals surface area contributed by atoms with E-state index in [-0.39, 0.29) is 30.9 Å². The fourth-order valence-electron chi connectivity index (χ4n) is 4.40. The van der Waals surface area contributed by atoms with Gasteiger partial charge in [-0.25, -0.2) is 4.79 Å². The largest absolute Gasteiger partial charge is 0.375 e. The highest BCUT2D eigenvalue weighted by Gasteiger charge is 2.54. The summed E-state index contributed by atoms with van der Waals surface area (Å²) < 4.78 is 4.96. The van der Waals surface area contributed by atoms with Crippen molar-refractivity contribution >= 4 is 29.4 Å². The topological polar surface area (TPSA) is 108 Å². The summed E-state index contributed by atoms with van der Waals surface area (Å²) in [6.45, 7) is 0.0474. The maximum atomic E-state index is 12.8. The van der Waals surface area contributed by atoms with E-state index in [1.54, 1.807) is 13.1 Å². The Kier molecular flexibility index (Phi) is 6.15. The number of nitrogens with one attached hydrogen (secondary N) is 2. The first-order chi connectivity index (χ1) is 15.8. The van der Waals surface area contributed by atoms with Crippen LogP contribution in [0.5, 0.6) is 0 Å². The second-order valence-corrected chi connectivity index (χ2v) is 8.40. The Morgan fingerprint density at radius 1 is 1.12 bits per heavy atom. The SMILES string of the molecule is COCC(=O)N(CC(=O)Nc1ccc2c(c1)CC1(C2)C(=O)NC(=O)N1C)Cc1ccccc1. The summed E-state index contributed by atoms with van der Waals surface area (Å²) in [5, 5.41) is 5.21. The number of nitrogens with zero attached hydrogens (tertiary/aromatic N) is 2. The Labute approximate surface area is 191 Å². The fraction of sp³-hybridized carbons (Fsp3) is 0.333. The van der Waals surface area contributed by atoms with Gasteiger partial charge in [0.15, 0.2) is 0 Å². The van der Waals surface area contributed by atoms with Gasteiger partial charge in [-0.15, -0.1) is 0 Å². The molecule has 0 aromatic heterocycles. The monoisotopic (exact) mass is 450 g/mol. The number of amides is 5. The third kappa shape index (κ3) is 4.45.